The van der Waals surface area contributed by atoms with Crippen molar-refractivity contribution in [2.75, 3.05) is 11.9 Å². The van der Waals surface area contributed by atoms with Gasteiger partial charge in [-0.1, -0.05) is 23.7 Å². The van der Waals surface area contributed by atoms with Crippen molar-refractivity contribution in [2.45, 2.75) is 19.2 Å². The summed E-state index contributed by atoms with van der Waals surface area (Å²) in [5.41, 5.74) is -1.54. The molecule has 37 heavy (non-hydrogen) atoms. The number of rotatable bonds is 6. The van der Waals surface area contributed by atoms with Crippen LogP contribution in [0, 0.1) is 5.82 Å². The van der Waals surface area contributed by atoms with Crippen molar-refractivity contribution in [3.63, 3.8) is 0 Å². The monoisotopic (exact) mass is 536 g/mol. The molecule has 1 amide bonds. The fourth-order valence-electron chi connectivity index (χ4n) is 3.51. The summed E-state index contributed by atoms with van der Waals surface area (Å²) in [6.45, 7) is 1.46. The Bertz CT molecular complexity index is 1460. The van der Waals surface area contributed by atoms with Gasteiger partial charge in [-0.05, 0) is 67.1 Å². The van der Waals surface area contributed by atoms with E-state index >= 15 is 0 Å². The molecule has 0 spiro atoms. The van der Waals surface area contributed by atoms with Crippen molar-refractivity contribution in [1.29, 1.82) is 0 Å². The summed E-state index contributed by atoms with van der Waals surface area (Å²) in [5.74, 6) is -2.69. The molecule has 0 radical (unpaired) electrons. The third-order valence-electron chi connectivity index (χ3n) is 5.36. The number of benzene rings is 3. The zero-order valence-electron chi connectivity index (χ0n) is 19.3. The Hall–Kier alpha value is -3.92. The topological polar surface area (TPSA) is 55.6 Å². The highest BCUT2D eigenvalue weighted by atomic mass is 35.5. The van der Waals surface area contributed by atoms with Crippen molar-refractivity contribution in [3.05, 3.63) is 88.7 Å². The number of halogens is 6. The minimum absolute atomic E-state index is 0.0146. The average molecular weight is 537 g/mol. The van der Waals surface area contributed by atoms with E-state index in [0.29, 0.717) is 16.1 Å². The molecule has 0 saturated heterocycles. The summed E-state index contributed by atoms with van der Waals surface area (Å²) >= 11 is 5.94. The molecular formula is C26H18ClF5N2O3. The number of hydrogen-bond acceptors (Lipinski definition) is 4. The maximum Gasteiger partial charge on any atom is 0.419 e. The number of likely N-dealkylation sites (N-methyl/N-ethyl adjacent to an activating group) is 1. The first kappa shape index (κ1) is 26.2. The van der Waals surface area contributed by atoms with Gasteiger partial charge in [0.15, 0.2) is 11.7 Å². The van der Waals surface area contributed by atoms with Crippen LogP contribution >= 0.6 is 11.6 Å². The first-order chi connectivity index (χ1) is 17.4. The van der Waals surface area contributed by atoms with Gasteiger partial charge in [-0.15, -0.1) is 0 Å². The van der Waals surface area contributed by atoms with Gasteiger partial charge in [-0.3, -0.25) is 9.69 Å². The van der Waals surface area contributed by atoms with Crippen molar-refractivity contribution in [3.8, 4) is 5.75 Å². The summed E-state index contributed by atoms with van der Waals surface area (Å²) in [5, 5.41) is 0.452. The van der Waals surface area contributed by atoms with Crippen molar-refractivity contribution >= 4 is 46.0 Å². The smallest absolute Gasteiger partial charge is 0.419 e. The van der Waals surface area contributed by atoms with Gasteiger partial charge < -0.3 is 9.15 Å². The highest BCUT2D eigenvalue weighted by Gasteiger charge is 2.38. The van der Waals surface area contributed by atoms with E-state index < -0.39 is 41.0 Å². The number of ether oxygens (including phenoxy) is 1. The number of alkyl halides is 3. The Morgan fingerprint density at radius 1 is 1.03 bits per heavy atom. The third-order valence-corrected chi connectivity index (χ3v) is 5.60. The second kappa shape index (κ2) is 10.2. The van der Waals surface area contributed by atoms with Crippen LogP contribution in [-0.4, -0.2) is 30.2 Å². The molecule has 1 aromatic heterocycles. The largest absolute Gasteiger partial charge is 0.481 e. The molecule has 4 aromatic rings. The molecule has 5 nitrogen and oxygen atoms in total. The van der Waals surface area contributed by atoms with Gasteiger partial charge in [0.05, 0.1) is 5.57 Å². The summed E-state index contributed by atoms with van der Waals surface area (Å²) in [7, 11) is 1.44. The zero-order valence-corrected chi connectivity index (χ0v) is 20.1. The minimum atomic E-state index is -5.03. The van der Waals surface area contributed by atoms with Gasteiger partial charge in [0.25, 0.3) is 5.91 Å². The van der Waals surface area contributed by atoms with Gasteiger partial charge in [0.2, 0.25) is 0 Å². The molecule has 0 aliphatic rings. The van der Waals surface area contributed by atoms with Crippen LogP contribution in [0.15, 0.2) is 71.1 Å². The van der Waals surface area contributed by atoms with Crippen LogP contribution in [0.25, 0.3) is 22.5 Å². The second-order valence-corrected chi connectivity index (χ2v) is 8.42. The maximum absolute atomic E-state index is 14.9. The fourth-order valence-corrected chi connectivity index (χ4v) is 3.68. The van der Waals surface area contributed by atoms with Gasteiger partial charge in [-0.25, -0.2) is 8.78 Å². The summed E-state index contributed by atoms with van der Waals surface area (Å²) < 4.78 is 80.1. The molecule has 192 valence electrons. The van der Waals surface area contributed by atoms with Crippen LogP contribution in [-0.2, 0) is 4.79 Å². The van der Waals surface area contributed by atoms with Gasteiger partial charge in [0.1, 0.15) is 22.9 Å². The van der Waals surface area contributed by atoms with Crippen LogP contribution < -0.4 is 9.64 Å². The summed E-state index contributed by atoms with van der Waals surface area (Å²) in [4.78, 5) is 18.2. The molecule has 0 fully saturated rings. The normalized spacial score (nSPS) is 13.3. The van der Waals surface area contributed by atoms with Gasteiger partial charge >= 0.3 is 12.2 Å². The van der Waals surface area contributed by atoms with E-state index in [0.717, 1.165) is 41.3 Å². The molecule has 0 saturated carbocycles. The average Bonchev–Trinajstić information content (AvgIpc) is 3.27. The first-order valence-corrected chi connectivity index (χ1v) is 11.2. The lowest BCUT2D eigenvalue weighted by molar-refractivity contribution is -0.124. The molecule has 0 N–H and O–H groups in total. The lowest BCUT2D eigenvalue weighted by Crippen LogP contribution is -2.38. The first-order valence-electron chi connectivity index (χ1n) is 10.8. The lowest BCUT2D eigenvalue weighted by Gasteiger charge is -2.19. The van der Waals surface area contributed by atoms with Gasteiger partial charge in [-0.2, -0.15) is 18.2 Å². The van der Waals surface area contributed by atoms with Gasteiger partial charge in [0, 0.05) is 17.6 Å². The Balaban J connectivity index is 1.51. The summed E-state index contributed by atoms with van der Waals surface area (Å²) in [6.07, 6.45) is -6.07. The fraction of sp³-hybridized carbons (Fsp3) is 0.154. The minimum Gasteiger partial charge on any atom is -0.481 e. The Labute approximate surface area is 212 Å². The van der Waals surface area contributed by atoms with Crippen LogP contribution in [0.3, 0.4) is 0 Å². The standard InChI is InChI=1S/C26H18ClF5N2O3/c1-14(24(35)34(2)25-33-20-13-17(27)7-12-21(20)37-25)36-19-10-5-16(6-11-19)23(29)22(26(30,31)32)15-3-8-18(28)9-4-15/h3-14H,1-2H3/t14-/m1/s1. The van der Waals surface area contributed by atoms with Crippen LogP contribution in [0.1, 0.15) is 18.1 Å². The molecule has 0 aliphatic heterocycles. The van der Waals surface area contributed by atoms with E-state index in [1.54, 1.807) is 18.2 Å². The summed E-state index contributed by atoms with van der Waals surface area (Å²) in [6, 6.07) is 12.8. The lowest BCUT2D eigenvalue weighted by atomic mass is 10.0. The molecule has 0 unspecified atom stereocenters. The molecule has 11 heteroatoms. The Morgan fingerprint density at radius 2 is 1.65 bits per heavy atom. The number of amides is 1. The molecule has 1 atom stereocenters. The zero-order chi connectivity index (χ0) is 26.9. The van der Waals surface area contributed by atoms with E-state index in [2.05, 4.69) is 4.98 Å². The van der Waals surface area contributed by atoms with Crippen molar-refractivity contribution in [2.24, 2.45) is 0 Å². The van der Waals surface area contributed by atoms with Crippen LogP contribution in [0.2, 0.25) is 5.02 Å². The number of nitrogens with zero attached hydrogens (tertiary/aromatic N) is 2. The Kier molecular flexibility index (Phi) is 7.22. The third kappa shape index (κ3) is 5.75. The van der Waals surface area contributed by atoms with Crippen molar-refractivity contribution in [1.82, 2.24) is 4.98 Å². The number of hydrogen-bond donors (Lipinski definition) is 0. The van der Waals surface area contributed by atoms with E-state index in [1.165, 1.54) is 26.1 Å². The molecule has 4 rings (SSSR count). The van der Waals surface area contributed by atoms with E-state index in [9.17, 15) is 26.7 Å². The molecule has 1 heterocycles. The molecule has 0 aliphatic carbocycles. The quantitative estimate of drug-likeness (QED) is 0.190. The number of anilines is 1. The Morgan fingerprint density at radius 3 is 2.27 bits per heavy atom. The number of fused-ring (bicyclic) bond motifs is 1. The van der Waals surface area contributed by atoms with Crippen LogP contribution in [0.5, 0.6) is 5.75 Å². The van der Waals surface area contributed by atoms with E-state index in [4.69, 9.17) is 20.8 Å². The number of aromatic nitrogens is 1. The second-order valence-electron chi connectivity index (χ2n) is 7.98. The highest BCUT2D eigenvalue weighted by Crippen LogP contribution is 2.40. The van der Waals surface area contributed by atoms with Crippen molar-refractivity contribution < 1.29 is 35.9 Å². The number of oxazole rings is 1. The number of allylic oxidation sites excluding steroid dienone is 1. The maximum atomic E-state index is 14.9. The predicted octanol–water partition coefficient (Wildman–Crippen LogP) is 7.45. The van der Waals surface area contributed by atoms with Crippen LogP contribution in [0.4, 0.5) is 28.0 Å². The molecule has 0 bridgehead atoms. The molecular weight excluding hydrogens is 519 g/mol. The SMILES string of the molecule is C[C@@H](Oc1ccc(C(F)=C(c2ccc(F)cc2)C(F)(F)F)cc1)C(=O)N(C)c1nc2cc(Cl)ccc2o1. The van der Waals surface area contributed by atoms with E-state index in [-0.39, 0.29) is 17.3 Å². The highest BCUT2D eigenvalue weighted by molar-refractivity contribution is 6.31. The number of carbonyl (C=O) groups is 1. The molecule has 3 aromatic carbocycles. The predicted molar refractivity (Wildman–Crippen MR) is 129 cm³/mol. The number of carbonyl (C=O) groups excluding carboxylic acids is 1. The van der Waals surface area contributed by atoms with E-state index in [1.807, 2.05) is 0 Å².